The van der Waals surface area contributed by atoms with Crippen molar-refractivity contribution in [3.63, 3.8) is 0 Å². The van der Waals surface area contributed by atoms with E-state index in [0.717, 1.165) is 0 Å². The van der Waals surface area contributed by atoms with E-state index >= 15 is 0 Å². The Bertz CT molecular complexity index is 821. The third kappa shape index (κ3) is 3.01. The summed E-state index contributed by atoms with van der Waals surface area (Å²) in [6, 6.07) is 11.0. The molecule has 1 aliphatic rings. The molecule has 0 bridgehead atoms. The second kappa shape index (κ2) is 5.84. The lowest BCUT2D eigenvalue weighted by atomic mass is 10.1. The molecule has 23 heavy (non-hydrogen) atoms. The van der Waals surface area contributed by atoms with Crippen LogP contribution < -0.4 is 4.74 Å². The van der Waals surface area contributed by atoms with Crippen LogP contribution in [0.4, 0.5) is 0 Å². The number of phenols is 2. The van der Waals surface area contributed by atoms with Crippen LogP contribution in [-0.2, 0) is 9.53 Å². The van der Waals surface area contributed by atoms with Gasteiger partial charge in [-0.05, 0) is 42.5 Å². The van der Waals surface area contributed by atoms with Gasteiger partial charge in [0, 0.05) is 17.2 Å². The van der Waals surface area contributed by atoms with Crippen molar-refractivity contribution in [3.05, 3.63) is 59.3 Å². The Morgan fingerprint density at radius 1 is 1.13 bits per heavy atom. The zero-order valence-corrected chi connectivity index (χ0v) is 12.2. The fraction of sp³-hybridized carbons (Fsp3) is 0.0588. The minimum absolute atomic E-state index is 0.0665. The number of aromatic hydroxyl groups is 2. The van der Waals surface area contributed by atoms with E-state index in [1.54, 1.807) is 31.4 Å². The minimum Gasteiger partial charge on any atom is -0.508 e. The first-order valence-electron chi connectivity index (χ1n) is 6.76. The lowest BCUT2D eigenvalue weighted by molar-refractivity contribution is -0.129. The number of benzene rings is 2. The quantitative estimate of drug-likeness (QED) is 0.671. The van der Waals surface area contributed by atoms with Crippen LogP contribution in [0.15, 0.2) is 53.2 Å². The predicted molar refractivity (Wildman–Crippen MR) is 83.4 cm³/mol. The number of phenolic OH excluding ortho intramolecular Hbond substituents is 2. The number of hydrogen-bond donors (Lipinski definition) is 2. The number of methoxy groups -OCH3 is 1. The van der Waals surface area contributed by atoms with Gasteiger partial charge >= 0.3 is 5.97 Å². The molecular weight excluding hydrogens is 298 g/mol. The Labute approximate surface area is 131 Å². The van der Waals surface area contributed by atoms with Gasteiger partial charge in [0.15, 0.2) is 5.70 Å². The summed E-state index contributed by atoms with van der Waals surface area (Å²) < 4.78 is 10.2. The van der Waals surface area contributed by atoms with Gasteiger partial charge < -0.3 is 19.7 Å². The van der Waals surface area contributed by atoms with Gasteiger partial charge in [0.25, 0.3) is 0 Å². The highest BCUT2D eigenvalue weighted by Gasteiger charge is 2.24. The van der Waals surface area contributed by atoms with Crippen LogP contribution >= 0.6 is 0 Å². The van der Waals surface area contributed by atoms with Gasteiger partial charge in [-0.1, -0.05) is 0 Å². The van der Waals surface area contributed by atoms with Crippen molar-refractivity contribution < 1.29 is 24.5 Å². The summed E-state index contributed by atoms with van der Waals surface area (Å²) in [4.78, 5) is 16.0. The maximum atomic E-state index is 11.9. The van der Waals surface area contributed by atoms with Gasteiger partial charge in [-0.2, -0.15) is 0 Å². The van der Waals surface area contributed by atoms with E-state index in [1.165, 1.54) is 24.3 Å². The molecule has 0 fully saturated rings. The van der Waals surface area contributed by atoms with Gasteiger partial charge in [0.05, 0.1) is 7.11 Å². The lowest BCUT2D eigenvalue weighted by Crippen LogP contribution is -2.05. The molecule has 1 aliphatic heterocycles. The number of carbonyl (C=O) groups is 1. The van der Waals surface area contributed by atoms with Gasteiger partial charge in [-0.3, -0.25) is 0 Å². The number of ether oxygens (including phenoxy) is 2. The SMILES string of the molecule is COc1ccc(C2=N/C(=C/c3ccc(O)cc3O)C(=O)O2)cc1. The molecule has 0 amide bonds. The van der Waals surface area contributed by atoms with E-state index < -0.39 is 5.97 Å². The topological polar surface area (TPSA) is 88.4 Å². The van der Waals surface area contributed by atoms with Crippen molar-refractivity contribution in [2.75, 3.05) is 7.11 Å². The Balaban J connectivity index is 1.92. The first-order valence-corrected chi connectivity index (χ1v) is 6.76. The average Bonchev–Trinajstić information content (AvgIpc) is 2.91. The first kappa shape index (κ1) is 14.6. The van der Waals surface area contributed by atoms with Crippen LogP contribution in [-0.4, -0.2) is 29.2 Å². The number of rotatable bonds is 3. The van der Waals surface area contributed by atoms with Gasteiger partial charge in [0.2, 0.25) is 5.90 Å². The second-order valence-corrected chi connectivity index (χ2v) is 4.81. The Morgan fingerprint density at radius 2 is 1.87 bits per heavy atom. The average molecular weight is 311 g/mol. The molecule has 0 saturated heterocycles. The number of nitrogens with zero attached hydrogens (tertiary/aromatic N) is 1. The van der Waals surface area contributed by atoms with E-state index in [1.807, 2.05) is 0 Å². The Hall–Kier alpha value is -3.28. The maximum absolute atomic E-state index is 11.9. The third-order valence-electron chi connectivity index (χ3n) is 3.26. The molecule has 2 aromatic rings. The molecule has 6 nitrogen and oxygen atoms in total. The molecule has 0 aromatic heterocycles. The number of aliphatic imine (C=N–C) groups is 1. The van der Waals surface area contributed by atoms with Crippen LogP contribution in [0.2, 0.25) is 0 Å². The van der Waals surface area contributed by atoms with Crippen LogP contribution in [0.3, 0.4) is 0 Å². The highest BCUT2D eigenvalue weighted by Crippen LogP contribution is 2.27. The normalized spacial score (nSPS) is 15.4. The monoisotopic (exact) mass is 311 g/mol. The Morgan fingerprint density at radius 3 is 2.52 bits per heavy atom. The molecule has 2 N–H and O–H groups in total. The molecule has 6 heteroatoms. The van der Waals surface area contributed by atoms with Crippen LogP contribution in [0.5, 0.6) is 17.2 Å². The van der Waals surface area contributed by atoms with E-state index in [4.69, 9.17) is 9.47 Å². The summed E-state index contributed by atoms with van der Waals surface area (Å²) >= 11 is 0. The van der Waals surface area contributed by atoms with Crippen molar-refractivity contribution in [2.24, 2.45) is 4.99 Å². The van der Waals surface area contributed by atoms with Gasteiger partial charge in [-0.25, -0.2) is 9.79 Å². The number of cyclic esters (lactones) is 1. The molecule has 1 heterocycles. The molecule has 0 aliphatic carbocycles. The van der Waals surface area contributed by atoms with Gasteiger partial charge in [0.1, 0.15) is 17.2 Å². The highest BCUT2D eigenvalue weighted by molar-refractivity contribution is 6.13. The smallest absolute Gasteiger partial charge is 0.363 e. The fourth-order valence-corrected chi connectivity index (χ4v) is 2.07. The number of carbonyl (C=O) groups excluding carboxylic acids is 1. The Kier molecular flexibility index (Phi) is 3.72. The van der Waals surface area contributed by atoms with Crippen LogP contribution in [0.25, 0.3) is 6.08 Å². The van der Waals surface area contributed by atoms with Crippen molar-refractivity contribution in [1.82, 2.24) is 0 Å². The first-order chi connectivity index (χ1) is 11.1. The zero-order valence-electron chi connectivity index (χ0n) is 12.2. The summed E-state index contributed by atoms with van der Waals surface area (Å²) in [5, 5.41) is 19.0. The van der Waals surface area contributed by atoms with E-state index in [2.05, 4.69) is 4.99 Å². The van der Waals surface area contributed by atoms with Gasteiger partial charge in [-0.15, -0.1) is 0 Å². The number of esters is 1. The highest BCUT2D eigenvalue weighted by atomic mass is 16.6. The van der Waals surface area contributed by atoms with E-state index in [-0.39, 0.29) is 23.1 Å². The second-order valence-electron chi connectivity index (χ2n) is 4.81. The summed E-state index contributed by atoms with van der Waals surface area (Å²) in [5.41, 5.74) is 1.06. The fourth-order valence-electron chi connectivity index (χ4n) is 2.07. The summed E-state index contributed by atoms with van der Waals surface area (Å²) in [7, 11) is 1.56. The molecule has 0 atom stereocenters. The van der Waals surface area contributed by atoms with Crippen molar-refractivity contribution in [3.8, 4) is 17.2 Å². The summed E-state index contributed by atoms with van der Waals surface area (Å²) in [6.07, 6.45) is 1.40. The standard InChI is InChI=1S/C17H13NO5/c1-22-13-6-3-10(4-7-13)16-18-14(17(21)23-16)8-11-2-5-12(19)9-15(11)20/h2-9,19-20H,1H3/b14-8+. The molecule has 0 saturated carbocycles. The lowest BCUT2D eigenvalue weighted by Gasteiger charge is -2.01. The molecule has 3 rings (SSSR count). The van der Waals surface area contributed by atoms with Crippen molar-refractivity contribution in [2.45, 2.75) is 0 Å². The molecule has 116 valence electrons. The van der Waals surface area contributed by atoms with Crippen molar-refractivity contribution >= 4 is 17.9 Å². The molecule has 0 radical (unpaired) electrons. The molecule has 0 unspecified atom stereocenters. The van der Waals surface area contributed by atoms with Crippen LogP contribution in [0, 0.1) is 0 Å². The molecular formula is C17H13NO5. The van der Waals surface area contributed by atoms with Crippen LogP contribution in [0.1, 0.15) is 11.1 Å². The minimum atomic E-state index is -0.608. The molecule has 0 spiro atoms. The molecule has 2 aromatic carbocycles. The summed E-state index contributed by atoms with van der Waals surface area (Å²) in [6.45, 7) is 0. The van der Waals surface area contributed by atoms with E-state index in [0.29, 0.717) is 16.9 Å². The number of hydrogen-bond acceptors (Lipinski definition) is 6. The van der Waals surface area contributed by atoms with Crippen molar-refractivity contribution in [1.29, 1.82) is 0 Å². The largest absolute Gasteiger partial charge is 0.508 e. The third-order valence-corrected chi connectivity index (χ3v) is 3.26. The zero-order chi connectivity index (χ0) is 16.4. The predicted octanol–water partition coefficient (Wildman–Crippen LogP) is 2.45. The summed E-state index contributed by atoms with van der Waals surface area (Å²) in [5.74, 6) is 0.0355. The maximum Gasteiger partial charge on any atom is 0.363 e. The van der Waals surface area contributed by atoms with E-state index in [9.17, 15) is 15.0 Å².